The lowest BCUT2D eigenvalue weighted by molar-refractivity contribution is 0.216. The van der Waals surface area contributed by atoms with Gasteiger partial charge >= 0.3 is 0 Å². The van der Waals surface area contributed by atoms with Crippen molar-refractivity contribution >= 4 is 17.4 Å². The Bertz CT molecular complexity index is 754. The first-order valence-electron chi connectivity index (χ1n) is 8.76. The zero-order valence-electron chi connectivity index (χ0n) is 14.2. The molecule has 2 atom stereocenters. The highest BCUT2D eigenvalue weighted by Crippen LogP contribution is 2.29. The fourth-order valence-corrected chi connectivity index (χ4v) is 3.97. The summed E-state index contributed by atoms with van der Waals surface area (Å²) in [6, 6.07) is 7.55. The number of hydrogen-bond acceptors (Lipinski definition) is 4. The van der Waals surface area contributed by atoms with Crippen LogP contribution in [0.2, 0.25) is 5.02 Å². The van der Waals surface area contributed by atoms with Gasteiger partial charge in [0.05, 0.1) is 11.6 Å². The van der Waals surface area contributed by atoms with Gasteiger partial charge < -0.3 is 9.64 Å². The van der Waals surface area contributed by atoms with Crippen molar-refractivity contribution in [3.05, 3.63) is 53.2 Å². The minimum absolute atomic E-state index is 0.249. The van der Waals surface area contributed by atoms with Crippen LogP contribution in [0, 0.1) is 17.6 Å². The van der Waals surface area contributed by atoms with Gasteiger partial charge in [0.15, 0.2) is 0 Å². The summed E-state index contributed by atoms with van der Waals surface area (Å²) in [5.41, 5.74) is 0. The molecule has 4 nitrogen and oxygen atoms in total. The second-order valence-corrected chi connectivity index (χ2v) is 7.38. The molecule has 0 amide bonds. The smallest absolute Gasteiger partial charge is 0.129 e. The molecule has 0 aliphatic carbocycles. The number of anilines is 1. The molecule has 4 rings (SSSR count). The Morgan fingerprint density at radius 3 is 2.65 bits per heavy atom. The minimum atomic E-state index is -0.616. The van der Waals surface area contributed by atoms with Crippen LogP contribution in [0.4, 0.5) is 14.6 Å². The monoisotopic (exact) mass is 379 g/mol. The fourth-order valence-electron chi connectivity index (χ4n) is 3.86. The lowest BCUT2D eigenvalue weighted by atomic mass is 10.1. The van der Waals surface area contributed by atoms with Gasteiger partial charge in [-0.3, -0.25) is 4.90 Å². The number of piperazine rings is 1. The van der Waals surface area contributed by atoms with Crippen molar-refractivity contribution in [2.45, 2.75) is 12.5 Å². The van der Waals surface area contributed by atoms with E-state index < -0.39 is 11.6 Å². The normalized spacial score (nSPS) is 23.1. The van der Waals surface area contributed by atoms with E-state index in [-0.39, 0.29) is 5.75 Å². The molecule has 7 heteroatoms. The number of rotatable bonds is 4. The predicted molar refractivity (Wildman–Crippen MR) is 96.8 cm³/mol. The van der Waals surface area contributed by atoms with E-state index in [2.05, 4.69) is 14.8 Å². The van der Waals surface area contributed by atoms with E-state index in [4.69, 9.17) is 16.3 Å². The minimum Gasteiger partial charge on any atom is -0.493 e. The number of ether oxygens (including phenoxy) is 1. The second kappa shape index (κ2) is 7.37. The van der Waals surface area contributed by atoms with Gasteiger partial charge in [0.2, 0.25) is 0 Å². The Kier molecular flexibility index (Phi) is 4.96. The SMILES string of the molecule is Fc1cc(F)cc(OCC2CC3CN(c4ccc(Cl)cn4)CCN3C2)c1. The van der Waals surface area contributed by atoms with Crippen molar-refractivity contribution in [1.29, 1.82) is 0 Å². The van der Waals surface area contributed by atoms with Gasteiger partial charge in [-0.05, 0) is 18.6 Å². The standard InChI is InChI=1S/C19H20ClF2N3O/c20-14-1-2-19(23-9-14)25-4-3-24-10-13(5-17(24)11-25)12-26-18-7-15(21)6-16(22)8-18/h1-2,6-9,13,17H,3-5,10-12H2. The van der Waals surface area contributed by atoms with Crippen LogP contribution in [0.15, 0.2) is 36.5 Å². The number of halogens is 3. The maximum absolute atomic E-state index is 13.3. The summed E-state index contributed by atoms with van der Waals surface area (Å²) in [6.45, 7) is 4.23. The zero-order chi connectivity index (χ0) is 18.1. The van der Waals surface area contributed by atoms with Crippen LogP contribution in [0.1, 0.15) is 6.42 Å². The lowest BCUT2D eigenvalue weighted by Crippen LogP contribution is -2.50. The molecule has 0 saturated carbocycles. The quantitative estimate of drug-likeness (QED) is 0.811. The highest BCUT2D eigenvalue weighted by molar-refractivity contribution is 6.30. The van der Waals surface area contributed by atoms with Crippen molar-refractivity contribution in [3.8, 4) is 5.75 Å². The highest BCUT2D eigenvalue weighted by Gasteiger charge is 2.36. The van der Waals surface area contributed by atoms with Crippen molar-refractivity contribution < 1.29 is 13.5 Å². The summed E-state index contributed by atoms with van der Waals surface area (Å²) in [5.74, 6) is 0.317. The third kappa shape index (κ3) is 3.91. The first-order chi connectivity index (χ1) is 12.6. The van der Waals surface area contributed by atoms with Gasteiger partial charge in [0, 0.05) is 62.5 Å². The maximum Gasteiger partial charge on any atom is 0.129 e. The number of fused-ring (bicyclic) bond motifs is 1. The van der Waals surface area contributed by atoms with Crippen LogP contribution in [-0.4, -0.2) is 48.7 Å². The lowest BCUT2D eigenvalue weighted by Gasteiger charge is -2.38. The summed E-state index contributed by atoms with van der Waals surface area (Å²) in [5, 5.41) is 0.638. The van der Waals surface area contributed by atoms with Gasteiger partial charge in [-0.1, -0.05) is 11.6 Å². The number of aromatic nitrogens is 1. The number of pyridine rings is 1. The molecule has 2 aliphatic heterocycles. The molecule has 26 heavy (non-hydrogen) atoms. The molecule has 138 valence electrons. The maximum atomic E-state index is 13.3. The second-order valence-electron chi connectivity index (χ2n) is 6.95. The average Bonchev–Trinajstić information content (AvgIpc) is 3.02. The molecule has 0 radical (unpaired) electrons. The van der Waals surface area contributed by atoms with Gasteiger partial charge in [-0.25, -0.2) is 13.8 Å². The predicted octanol–water partition coefficient (Wildman–Crippen LogP) is 3.60. The Labute approximate surface area is 156 Å². The van der Waals surface area contributed by atoms with Crippen molar-refractivity contribution in [2.75, 3.05) is 37.7 Å². The van der Waals surface area contributed by atoms with Gasteiger partial charge in [-0.2, -0.15) is 0 Å². The largest absolute Gasteiger partial charge is 0.493 e. The molecule has 2 fully saturated rings. The Morgan fingerprint density at radius 1 is 1.12 bits per heavy atom. The molecule has 3 heterocycles. The summed E-state index contributed by atoms with van der Waals surface area (Å²) in [7, 11) is 0. The average molecular weight is 380 g/mol. The van der Waals surface area contributed by atoms with Crippen LogP contribution >= 0.6 is 11.6 Å². The summed E-state index contributed by atoms with van der Waals surface area (Å²) >= 11 is 5.91. The zero-order valence-corrected chi connectivity index (χ0v) is 15.0. The third-order valence-electron chi connectivity index (χ3n) is 5.06. The van der Waals surface area contributed by atoms with Crippen molar-refractivity contribution in [1.82, 2.24) is 9.88 Å². The Balaban J connectivity index is 1.33. The molecule has 2 aromatic rings. The molecule has 1 aromatic heterocycles. The van der Waals surface area contributed by atoms with E-state index >= 15 is 0 Å². The Morgan fingerprint density at radius 2 is 1.92 bits per heavy atom. The van der Waals surface area contributed by atoms with E-state index in [1.807, 2.05) is 12.1 Å². The molecule has 2 unspecified atom stereocenters. The van der Waals surface area contributed by atoms with Gasteiger partial charge in [-0.15, -0.1) is 0 Å². The van der Waals surface area contributed by atoms with Crippen LogP contribution in [-0.2, 0) is 0 Å². The molecular weight excluding hydrogens is 360 g/mol. The van der Waals surface area contributed by atoms with E-state index in [0.29, 0.717) is 23.6 Å². The van der Waals surface area contributed by atoms with Gasteiger partial charge in [0.25, 0.3) is 0 Å². The van der Waals surface area contributed by atoms with E-state index in [1.165, 1.54) is 12.1 Å². The van der Waals surface area contributed by atoms with Gasteiger partial charge in [0.1, 0.15) is 23.2 Å². The number of benzene rings is 1. The van der Waals surface area contributed by atoms with Crippen LogP contribution < -0.4 is 9.64 Å². The molecule has 0 spiro atoms. The molecule has 2 aliphatic rings. The molecular formula is C19H20ClF2N3O. The van der Waals surface area contributed by atoms with E-state index in [1.54, 1.807) is 6.20 Å². The molecule has 0 N–H and O–H groups in total. The van der Waals surface area contributed by atoms with Crippen molar-refractivity contribution in [3.63, 3.8) is 0 Å². The first-order valence-corrected chi connectivity index (χ1v) is 9.14. The molecule has 2 saturated heterocycles. The van der Waals surface area contributed by atoms with Crippen LogP contribution in [0.25, 0.3) is 0 Å². The fraction of sp³-hybridized carbons (Fsp3) is 0.421. The van der Waals surface area contributed by atoms with E-state index in [9.17, 15) is 8.78 Å². The number of nitrogens with zero attached hydrogens (tertiary/aromatic N) is 3. The first kappa shape index (κ1) is 17.5. The summed E-state index contributed by atoms with van der Waals surface area (Å²) < 4.78 is 32.1. The number of hydrogen-bond donors (Lipinski definition) is 0. The molecule has 1 aromatic carbocycles. The van der Waals surface area contributed by atoms with E-state index in [0.717, 1.165) is 44.5 Å². The summed E-state index contributed by atoms with van der Waals surface area (Å²) in [6.07, 6.45) is 2.68. The third-order valence-corrected chi connectivity index (χ3v) is 5.28. The molecule has 0 bridgehead atoms. The Hall–Kier alpha value is -1.92. The summed E-state index contributed by atoms with van der Waals surface area (Å²) in [4.78, 5) is 9.15. The topological polar surface area (TPSA) is 28.6 Å². The van der Waals surface area contributed by atoms with Crippen LogP contribution in [0.3, 0.4) is 0 Å². The van der Waals surface area contributed by atoms with Crippen LogP contribution in [0.5, 0.6) is 5.75 Å². The van der Waals surface area contributed by atoms with Crippen molar-refractivity contribution in [2.24, 2.45) is 5.92 Å². The highest BCUT2D eigenvalue weighted by atomic mass is 35.5.